The fourth-order valence-corrected chi connectivity index (χ4v) is 3.15. The van der Waals surface area contributed by atoms with Gasteiger partial charge in [-0.05, 0) is 55.2 Å². The molecular weight excluding hydrogens is 322 g/mol. The van der Waals surface area contributed by atoms with E-state index in [4.69, 9.17) is 15.2 Å². The van der Waals surface area contributed by atoms with Crippen molar-refractivity contribution < 1.29 is 9.47 Å². The first-order valence-electron chi connectivity index (χ1n) is 9.75. The fraction of sp³-hybridized carbons (Fsp3) is 0.478. The summed E-state index contributed by atoms with van der Waals surface area (Å²) in [6.07, 6.45) is 5.82. The van der Waals surface area contributed by atoms with Gasteiger partial charge in [-0.15, -0.1) is 0 Å². The average molecular weight is 356 g/mol. The van der Waals surface area contributed by atoms with E-state index in [9.17, 15) is 0 Å². The Balaban J connectivity index is 1.93. The largest absolute Gasteiger partial charge is 0.497 e. The molecule has 0 heterocycles. The summed E-state index contributed by atoms with van der Waals surface area (Å²) in [4.78, 5) is 0. The predicted octanol–water partition coefficient (Wildman–Crippen LogP) is 5.33. The number of hydrogen-bond donors (Lipinski definition) is 1. The van der Waals surface area contributed by atoms with Crippen molar-refractivity contribution in [2.24, 2.45) is 5.73 Å². The molecule has 0 aromatic heterocycles. The van der Waals surface area contributed by atoms with Gasteiger partial charge < -0.3 is 15.2 Å². The van der Waals surface area contributed by atoms with Gasteiger partial charge in [-0.2, -0.15) is 0 Å². The van der Waals surface area contributed by atoms with Crippen molar-refractivity contribution in [3.63, 3.8) is 0 Å². The van der Waals surface area contributed by atoms with E-state index in [2.05, 4.69) is 50.2 Å². The van der Waals surface area contributed by atoms with E-state index in [1.165, 1.54) is 30.4 Å². The molecule has 0 amide bonds. The second-order valence-electron chi connectivity index (χ2n) is 7.00. The van der Waals surface area contributed by atoms with Crippen LogP contribution in [0.4, 0.5) is 0 Å². The summed E-state index contributed by atoms with van der Waals surface area (Å²) < 4.78 is 11.1. The highest BCUT2D eigenvalue weighted by Gasteiger charge is 2.17. The molecule has 0 aliphatic rings. The molecule has 2 unspecified atom stereocenters. The van der Waals surface area contributed by atoms with Gasteiger partial charge in [-0.25, -0.2) is 0 Å². The third kappa shape index (κ3) is 6.38. The number of rotatable bonds is 11. The maximum absolute atomic E-state index is 6.27. The van der Waals surface area contributed by atoms with Crippen LogP contribution in [0, 0.1) is 0 Å². The Morgan fingerprint density at radius 1 is 0.885 bits per heavy atom. The minimum atomic E-state index is 0.0814. The molecule has 2 aromatic carbocycles. The second-order valence-corrected chi connectivity index (χ2v) is 7.00. The summed E-state index contributed by atoms with van der Waals surface area (Å²) in [5.41, 5.74) is 8.79. The molecule has 0 saturated carbocycles. The van der Waals surface area contributed by atoms with Gasteiger partial charge in [0.05, 0.1) is 13.7 Å². The van der Waals surface area contributed by atoms with Crippen LogP contribution >= 0.6 is 0 Å². The normalized spacial score (nSPS) is 13.2. The summed E-state index contributed by atoms with van der Waals surface area (Å²) >= 11 is 0. The summed E-state index contributed by atoms with van der Waals surface area (Å²) in [6, 6.07) is 16.8. The highest BCUT2D eigenvalue weighted by atomic mass is 16.5. The van der Waals surface area contributed by atoms with E-state index in [1.807, 2.05) is 12.1 Å². The van der Waals surface area contributed by atoms with Crippen LogP contribution in [0.25, 0.3) is 0 Å². The number of ether oxygens (including phenoxy) is 2. The highest BCUT2D eigenvalue weighted by Crippen LogP contribution is 2.26. The standard InChI is InChI=1S/C23H33NO2/c1-4-5-6-7-16-26-22-12-8-19(9-13-22)17-23(18(2)24)20-10-14-21(25-3)15-11-20/h8-15,18,23H,4-7,16-17,24H2,1-3H3. The molecule has 0 saturated heterocycles. The van der Waals surface area contributed by atoms with Gasteiger partial charge in [-0.1, -0.05) is 50.5 Å². The summed E-state index contributed by atoms with van der Waals surface area (Å²) in [7, 11) is 1.69. The zero-order valence-corrected chi connectivity index (χ0v) is 16.4. The molecule has 2 atom stereocenters. The smallest absolute Gasteiger partial charge is 0.119 e. The molecule has 0 aliphatic carbocycles. The zero-order valence-electron chi connectivity index (χ0n) is 16.4. The maximum Gasteiger partial charge on any atom is 0.119 e. The summed E-state index contributed by atoms with van der Waals surface area (Å²) in [5, 5.41) is 0. The van der Waals surface area contributed by atoms with Crippen LogP contribution in [-0.4, -0.2) is 19.8 Å². The maximum atomic E-state index is 6.27. The number of methoxy groups -OCH3 is 1. The lowest BCUT2D eigenvalue weighted by Gasteiger charge is -2.22. The first-order valence-corrected chi connectivity index (χ1v) is 9.75. The summed E-state index contributed by atoms with van der Waals surface area (Å²) in [5.74, 6) is 2.10. The van der Waals surface area contributed by atoms with Gasteiger partial charge in [0.2, 0.25) is 0 Å². The van der Waals surface area contributed by atoms with E-state index >= 15 is 0 Å². The minimum Gasteiger partial charge on any atom is -0.497 e. The van der Waals surface area contributed by atoms with E-state index < -0.39 is 0 Å². The molecule has 26 heavy (non-hydrogen) atoms. The van der Waals surface area contributed by atoms with E-state index in [-0.39, 0.29) is 12.0 Å². The van der Waals surface area contributed by atoms with Crippen molar-refractivity contribution in [1.29, 1.82) is 0 Å². The SMILES string of the molecule is CCCCCCOc1ccc(CC(c2ccc(OC)cc2)C(C)N)cc1. The zero-order chi connectivity index (χ0) is 18.8. The van der Waals surface area contributed by atoms with Crippen molar-refractivity contribution in [2.75, 3.05) is 13.7 Å². The van der Waals surface area contributed by atoms with Crippen LogP contribution in [0.2, 0.25) is 0 Å². The van der Waals surface area contributed by atoms with Gasteiger partial charge in [0.15, 0.2) is 0 Å². The quantitative estimate of drug-likeness (QED) is 0.554. The molecular formula is C23H33NO2. The van der Waals surface area contributed by atoms with Crippen molar-refractivity contribution in [2.45, 2.75) is 57.9 Å². The van der Waals surface area contributed by atoms with Crippen LogP contribution in [0.1, 0.15) is 56.6 Å². The van der Waals surface area contributed by atoms with Crippen molar-refractivity contribution in [3.8, 4) is 11.5 Å². The molecule has 2 N–H and O–H groups in total. The van der Waals surface area contributed by atoms with Crippen LogP contribution in [0.5, 0.6) is 11.5 Å². The average Bonchev–Trinajstić information content (AvgIpc) is 2.67. The van der Waals surface area contributed by atoms with E-state index in [0.29, 0.717) is 0 Å². The van der Waals surface area contributed by atoms with Gasteiger partial charge >= 0.3 is 0 Å². The van der Waals surface area contributed by atoms with Gasteiger partial charge in [-0.3, -0.25) is 0 Å². The number of hydrogen-bond acceptors (Lipinski definition) is 3. The molecule has 0 radical (unpaired) electrons. The first kappa shape index (κ1) is 20.3. The molecule has 3 nitrogen and oxygen atoms in total. The van der Waals surface area contributed by atoms with Crippen LogP contribution < -0.4 is 15.2 Å². The van der Waals surface area contributed by atoms with Gasteiger partial charge in [0, 0.05) is 12.0 Å². The van der Waals surface area contributed by atoms with Crippen LogP contribution in [0.15, 0.2) is 48.5 Å². The third-order valence-corrected chi connectivity index (χ3v) is 4.82. The lowest BCUT2D eigenvalue weighted by Crippen LogP contribution is -2.26. The molecule has 2 rings (SSSR count). The van der Waals surface area contributed by atoms with E-state index in [1.54, 1.807) is 7.11 Å². The molecule has 142 valence electrons. The monoisotopic (exact) mass is 355 g/mol. The molecule has 2 aromatic rings. The Bertz CT molecular complexity index is 620. The minimum absolute atomic E-state index is 0.0814. The van der Waals surface area contributed by atoms with Crippen molar-refractivity contribution >= 4 is 0 Å². The number of nitrogens with two attached hydrogens (primary N) is 1. The Labute approximate surface area is 158 Å². The molecule has 0 aliphatic heterocycles. The number of benzene rings is 2. The number of unbranched alkanes of at least 4 members (excludes halogenated alkanes) is 3. The molecule has 0 bridgehead atoms. The van der Waals surface area contributed by atoms with Crippen LogP contribution in [-0.2, 0) is 6.42 Å². The Kier molecular flexibility index (Phi) is 8.49. The van der Waals surface area contributed by atoms with Crippen molar-refractivity contribution in [1.82, 2.24) is 0 Å². The van der Waals surface area contributed by atoms with Crippen molar-refractivity contribution in [3.05, 3.63) is 59.7 Å². The first-order chi connectivity index (χ1) is 12.6. The predicted molar refractivity (Wildman–Crippen MR) is 109 cm³/mol. The Morgan fingerprint density at radius 2 is 1.54 bits per heavy atom. The molecule has 0 fully saturated rings. The van der Waals surface area contributed by atoms with Gasteiger partial charge in [0.1, 0.15) is 11.5 Å². The Morgan fingerprint density at radius 3 is 2.12 bits per heavy atom. The molecule has 3 heteroatoms. The van der Waals surface area contributed by atoms with Gasteiger partial charge in [0.25, 0.3) is 0 Å². The fourth-order valence-electron chi connectivity index (χ4n) is 3.15. The lowest BCUT2D eigenvalue weighted by molar-refractivity contribution is 0.305. The third-order valence-electron chi connectivity index (χ3n) is 4.82. The second kappa shape index (κ2) is 10.9. The molecule has 0 spiro atoms. The van der Waals surface area contributed by atoms with Crippen LogP contribution in [0.3, 0.4) is 0 Å². The lowest BCUT2D eigenvalue weighted by atomic mass is 9.87. The van der Waals surface area contributed by atoms with E-state index in [0.717, 1.165) is 30.9 Å². The highest BCUT2D eigenvalue weighted by molar-refractivity contribution is 5.33. The topological polar surface area (TPSA) is 44.5 Å². The summed E-state index contributed by atoms with van der Waals surface area (Å²) in [6.45, 7) is 5.09. The Hall–Kier alpha value is -2.00.